The molecule has 0 spiro atoms. The van der Waals surface area contributed by atoms with Gasteiger partial charge >= 0.3 is 5.97 Å². The maximum Gasteiger partial charge on any atom is 0.319 e. The van der Waals surface area contributed by atoms with Gasteiger partial charge in [-0.3, -0.25) is 4.79 Å². The molecule has 1 fully saturated rings. The van der Waals surface area contributed by atoms with Crippen molar-refractivity contribution in [3.63, 3.8) is 0 Å². The monoisotopic (exact) mass is 221 g/mol. The number of aliphatic carboxylic acids is 1. The van der Waals surface area contributed by atoms with Crippen molar-refractivity contribution in [1.82, 2.24) is 4.98 Å². The molecule has 1 heterocycles. The summed E-state index contributed by atoms with van der Waals surface area (Å²) in [5, 5.41) is 9.30. The van der Waals surface area contributed by atoms with Gasteiger partial charge in [-0.2, -0.15) is 0 Å². The summed E-state index contributed by atoms with van der Waals surface area (Å²) >= 11 is 0. The molecule has 0 unspecified atom stereocenters. The molecule has 16 heavy (non-hydrogen) atoms. The Morgan fingerprint density at radius 2 is 2.00 bits per heavy atom. The van der Waals surface area contributed by atoms with Gasteiger partial charge in [-0.15, -0.1) is 0 Å². The molecule has 0 saturated heterocycles. The van der Waals surface area contributed by atoms with Gasteiger partial charge in [0.05, 0.1) is 5.69 Å². The lowest BCUT2D eigenvalue weighted by Crippen LogP contribution is -2.42. The van der Waals surface area contributed by atoms with E-state index in [0.29, 0.717) is 18.7 Å². The molecule has 2 aliphatic rings. The lowest BCUT2D eigenvalue weighted by molar-refractivity contribution is -0.148. The van der Waals surface area contributed by atoms with Crippen LogP contribution < -0.4 is 0 Å². The maximum atomic E-state index is 11.3. The number of hydrogen-bond donors (Lipinski definition) is 1. The van der Waals surface area contributed by atoms with Crippen molar-refractivity contribution in [2.75, 3.05) is 0 Å². The molecule has 86 valence electrons. The van der Waals surface area contributed by atoms with Gasteiger partial charge in [0.2, 0.25) is 5.89 Å². The highest BCUT2D eigenvalue weighted by Gasteiger charge is 2.50. The summed E-state index contributed by atoms with van der Waals surface area (Å²) in [6.07, 6.45) is 6.41. The van der Waals surface area contributed by atoms with Crippen LogP contribution in [0.4, 0.5) is 0 Å². The molecule has 1 aromatic rings. The van der Waals surface area contributed by atoms with Crippen LogP contribution in [0, 0.1) is 0 Å². The highest BCUT2D eigenvalue weighted by atomic mass is 16.4. The summed E-state index contributed by atoms with van der Waals surface area (Å²) < 4.78 is 5.68. The fraction of sp³-hybridized carbons (Fsp3) is 0.667. The summed E-state index contributed by atoms with van der Waals surface area (Å²) in [4.78, 5) is 15.7. The summed E-state index contributed by atoms with van der Waals surface area (Å²) in [6, 6.07) is 0. The van der Waals surface area contributed by atoms with E-state index in [1.807, 2.05) is 0 Å². The minimum Gasteiger partial charge on any atom is -0.480 e. The first-order valence-corrected chi connectivity index (χ1v) is 5.95. The first-order valence-electron chi connectivity index (χ1n) is 5.95. The molecule has 0 aliphatic heterocycles. The second-order valence-electron chi connectivity index (χ2n) is 4.84. The van der Waals surface area contributed by atoms with E-state index in [1.54, 1.807) is 0 Å². The number of nitrogens with zero attached hydrogens (tertiary/aromatic N) is 1. The van der Waals surface area contributed by atoms with E-state index in [-0.39, 0.29) is 0 Å². The van der Waals surface area contributed by atoms with Gasteiger partial charge in [-0.1, -0.05) is 6.42 Å². The van der Waals surface area contributed by atoms with E-state index in [1.165, 1.54) is 0 Å². The number of aryl methyl sites for hydroxylation is 2. The van der Waals surface area contributed by atoms with E-state index >= 15 is 0 Å². The number of oxazole rings is 1. The van der Waals surface area contributed by atoms with Crippen molar-refractivity contribution in [1.29, 1.82) is 0 Å². The van der Waals surface area contributed by atoms with Gasteiger partial charge in [0.25, 0.3) is 0 Å². The normalized spacial score (nSPS) is 22.2. The van der Waals surface area contributed by atoms with Crippen molar-refractivity contribution in [3.8, 4) is 0 Å². The number of rotatable bonds is 2. The Balaban J connectivity index is 1.99. The predicted molar refractivity (Wildman–Crippen MR) is 56.3 cm³/mol. The van der Waals surface area contributed by atoms with E-state index in [4.69, 9.17) is 4.42 Å². The highest BCUT2D eigenvalue weighted by Crippen LogP contribution is 2.44. The van der Waals surface area contributed by atoms with E-state index in [0.717, 1.165) is 43.6 Å². The molecule has 0 aromatic carbocycles. The van der Waals surface area contributed by atoms with Crippen molar-refractivity contribution >= 4 is 5.97 Å². The molecular weight excluding hydrogens is 206 g/mol. The third-order valence-corrected chi connectivity index (χ3v) is 3.87. The average molecular weight is 221 g/mol. The molecular formula is C12H15NO3. The molecule has 3 rings (SSSR count). The highest BCUT2D eigenvalue weighted by molar-refractivity contribution is 5.81. The van der Waals surface area contributed by atoms with Crippen molar-refractivity contribution < 1.29 is 14.3 Å². The van der Waals surface area contributed by atoms with Crippen LogP contribution in [0.1, 0.15) is 49.4 Å². The van der Waals surface area contributed by atoms with E-state index in [9.17, 15) is 9.90 Å². The quantitative estimate of drug-likeness (QED) is 0.830. The topological polar surface area (TPSA) is 63.3 Å². The second kappa shape index (κ2) is 3.34. The van der Waals surface area contributed by atoms with Crippen LogP contribution in [0.2, 0.25) is 0 Å². The zero-order valence-corrected chi connectivity index (χ0v) is 9.16. The second-order valence-corrected chi connectivity index (χ2v) is 4.84. The van der Waals surface area contributed by atoms with Gasteiger partial charge < -0.3 is 9.52 Å². The first-order chi connectivity index (χ1) is 7.72. The third-order valence-electron chi connectivity index (χ3n) is 3.87. The van der Waals surface area contributed by atoms with Crippen LogP contribution in [0.3, 0.4) is 0 Å². The fourth-order valence-electron chi connectivity index (χ4n) is 2.61. The number of aromatic nitrogens is 1. The van der Waals surface area contributed by atoms with Crippen molar-refractivity contribution in [2.24, 2.45) is 0 Å². The average Bonchev–Trinajstić information content (AvgIpc) is 2.58. The molecule has 4 nitrogen and oxygen atoms in total. The standard InChI is InChI=1S/C12H15NO3/c14-11(15)12(6-3-7-12)10-13-8-4-1-2-5-9(8)16-10/h1-7H2,(H,14,15). The Labute approximate surface area is 93.7 Å². The predicted octanol–water partition coefficient (Wildman–Crippen LogP) is 2.06. The minimum atomic E-state index is -0.808. The van der Waals surface area contributed by atoms with Crippen LogP contribution in [-0.2, 0) is 23.1 Å². The third kappa shape index (κ3) is 1.22. The van der Waals surface area contributed by atoms with Crippen molar-refractivity contribution in [2.45, 2.75) is 50.4 Å². The van der Waals surface area contributed by atoms with Crippen LogP contribution >= 0.6 is 0 Å². The number of carbonyl (C=O) groups is 1. The zero-order valence-electron chi connectivity index (χ0n) is 9.16. The Morgan fingerprint density at radius 3 is 2.56 bits per heavy atom. The van der Waals surface area contributed by atoms with E-state index < -0.39 is 11.4 Å². The molecule has 2 aliphatic carbocycles. The van der Waals surface area contributed by atoms with Crippen LogP contribution in [-0.4, -0.2) is 16.1 Å². The Morgan fingerprint density at radius 1 is 1.25 bits per heavy atom. The SMILES string of the molecule is O=C(O)C1(c2nc3c(o2)CCCC3)CCC1. The number of fused-ring (bicyclic) bond motifs is 1. The number of carboxylic acid groups (broad SMARTS) is 1. The Bertz CT molecular complexity index is 408. The largest absolute Gasteiger partial charge is 0.480 e. The van der Waals surface area contributed by atoms with Gasteiger partial charge in [-0.05, 0) is 32.1 Å². The fourth-order valence-corrected chi connectivity index (χ4v) is 2.61. The number of hydrogen-bond acceptors (Lipinski definition) is 3. The lowest BCUT2D eigenvalue weighted by Gasteiger charge is -2.34. The van der Waals surface area contributed by atoms with Crippen LogP contribution in [0.25, 0.3) is 0 Å². The van der Waals surface area contributed by atoms with E-state index in [2.05, 4.69) is 4.98 Å². The first kappa shape index (κ1) is 9.87. The number of carboxylic acids is 1. The van der Waals surface area contributed by atoms with Gasteiger partial charge in [0.15, 0.2) is 0 Å². The van der Waals surface area contributed by atoms with Gasteiger partial charge in [-0.25, -0.2) is 4.98 Å². The summed E-state index contributed by atoms with van der Waals surface area (Å²) in [6.45, 7) is 0. The molecule has 1 N–H and O–H groups in total. The van der Waals surface area contributed by atoms with Gasteiger partial charge in [0, 0.05) is 6.42 Å². The molecule has 0 amide bonds. The summed E-state index contributed by atoms with van der Waals surface area (Å²) in [7, 11) is 0. The molecule has 0 radical (unpaired) electrons. The minimum absolute atomic E-state index is 0.457. The molecule has 0 atom stereocenters. The molecule has 1 aromatic heterocycles. The summed E-state index contributed by atoms with van der Waals surface area (Å²) in [5.74, 6) is 0.601. The van der Waals surface area contributed by atoms with Crippen LogP contribution in [0.5, 0.6) is 0 Å². The smallest absolute Gasteiger partial charge is 0.319 e. The molecule has 4 heteroatoms. The zero-order chi connectivity index (χ0) is 11.2. The van der Waals surface area contributed by atoms with Gasteiger partial charge in [0.1, 0.15) is 11.2 Å². The summed E-state index contributed by atoms with van der Waals surface area (Å²) in [5.41, 5.74) is 0.186. The Hall–Kier alpha value is -1.32. The molecule has 0 bridgehead atoms. The maximum absolute atomic E-state index is 11.3. The Kier molecular flexibility index (Phi) is 2.06. The van der Waals surface area contributed by atoms with Crippen LogP contribution in [0.15, 0.2) is 4.42 Å². The molecule has 1 saturated carbocycles. The lowest BCUT2D eigenvalue weighted by atomic mass is 9.68. The van der Waals surface area contributed by atoms with Crippen molar-refractivity contribution in [3.05, 3.63) is 17.3 Å².